The molecule has 0 aliphatic heterocycles. The second kappa shape index (κ2) is 5.69. The van der Waals surface area contributed by atoms with Crippen molar-refractivity contribution in [1.82, 2.24) is 0 Å². The first-order valence-corrected chi connectivity index (χ1v) is 6.30. The van der Waals surface area contributed by atoms with Crippen LogP contribution in [0.15, 0.2) is 42.5 Å². The van der Waals surface area contributed by atoms with E-state index >= 15 is 0 Å². The van der Waals surface area contributed by atoms with E-state index in [-0.39, 0.29) is 0 Å². The molecule has 2 rings (SSSR count). The Kier molecular flexibility index (Phi) is 4.00. The van der Waals surface area contributed by atoms with Crippen molar-refractivity contribution >= 4 is 0 Å². The fourth-order valence-corrected chi connectivity index (χ4v) is 2.03. The van der Waals surface area contributed by atoms with Crippen molar-refractivity contribution in [2.24, 2.45) is 5.73 Å². The summed E-state index contributed by atoms with van der Waals surface area (Å²) in [6, 6.07) is 14.2. The molecule has 2 N–H and O–H groups in total. The summed E-state index contributed by atoms with van der Waals surface area (Å²) >= 11 is 0. The van der Waals surface area contributed by atoms with E-state index in [1.807, 2.05) is 43.3 Å². The van der Waals surface area contributed by atoms with E-state index in [4.69, 9.17) is 10.5 Å². The molecule has 0 heterocycles. The molecule has 18 heavy (non-hydrogen) atoms. The number of para-hydroxylation sites is 2. The zero-order chi connectivity index (χ0) is 13.0. The molecule has 0 amide bonds. The molecule has 0 unspecified atom stereocenters. The van der Waals surface area contributed by atoms with Crippen LogP contribution in [0, 0.1) is 6.92 Å². The fourth-order valence-electron chi connectivity index (χ4n) is 2.03. The standard InChI is InChI=1S/C16H19NO/c1-3-13-8-4-5-10-15(13)18-16-12(2)7-6-9-14(16)11-17/h4-10H,3,11,17H2,1-2H3. The maximum absolute atomic E-state index is 6.07. The van der Waals surface area contributed by atoms with Crippen molar-refractivity contribution in [1.29, 1.82) is 0 Å². The van der Waals surface area contributed by atoms with Crippen molar-refractivity contribution in [3.05, 3.63) is 59.2 Å². The second-order valence-electron chi connectivity index (χ2n) is 4.33. The van der Waals surface area contributed by atoms with Crippen molar-refractivity contribution < 1.29 is 4.74 Å². The topological polar surface area (TPSA) is 35.2 Å². The molecule has 0 aromatic heterocycles. The second-order valence-corrected chi connectivity index (χ2v) is 4.33. The van der Waals surface area contributed by atoms with Crippen LogP contribution in [-0.4, -0.2) is 0 Å². The van der Waals surface area contributed by atoms with Crippen LogP contribution in [0.4, 0.5) is 0 Å². The molecule has 0 fully saturated rings. The highest BCUT2D eigenvalue weighted by Crippen LogP contribution is 2.31. The van der Waals surface area contributed by atoms with Crippen LogP contribution in [0.25, 0.3) is 0 Å². The van der Waals surface area contributed by atoms with E-state index in [2.05, 4.69) is 13.0 Å². The monoisotopic (exact) mass is 241 g/mol. The molecule has 0 bridgehead atoms. The molecule has 0 spiro atoms. The predicted molar refractivity (Wildman–Crippen MR) is 75.0 cm³/mol. The molecule has 94 valence electrons. The number of rotatable bonds is 4. The molecule has 2 nitrogen and oxygen atoms in total. The van der Waals surface area contributed by atoms with Gasteiger partial charge in [0.05, 0.1) is 0 Å². The van der Waals surface area contributed by atoms with Crippen LogP contribution in [0.2, 0.25) is 0 Å². The lowest BCUT2D eigenvalue weighted by Crippen LogP contribution is -2.01. The van der Waals surface area contributed by atoms with Gasteiger partial charge in [0.2, 0.25) is 0 Å². The van der Waals surface area contributed by atoms with Gasteiger partial charge in [-0.1, -0.05) is 43.3 Å². The highest BCUT2D eigenvalue weighted by molar-refractivity contribution is 5.45. The lowest BCUT2D eigenvalue weighted by Gasteiger charge is -2.15. The van der Waals surface area contributed by atoms with Gasteiger partial charge in [0.1, 0.15) is 11.5 Å². The van der Waals surface area contributed by atoms with Crippen molar-refractivity contribution in [2.45, 2.75) is 26.8 Å². The summed E-state index contributed by atoms with van der Waals surface area (Å²) in [5.41, 5.74) is 9.13. The third-order valence-corrected chi connectivity index (χ3v) is 3.08. The van der Waals surface area contributed by atoms with Gasteiger partial charge in [0.25, 0.3) is 0 Å². The van der Waals surface area contributed by atoms with Crippen molar-refractivity contribution in [3.63, 3.8) is 0 Å². The first-order chi connectivity index (χ1) is 8.76. The Labute approximate surface area is 108 Å². The molecule has 0 radical (unpaired) electrons. The van der Waals surface area contributed by atoms with Gasteiger partial charge in [0.15, 0.2) is 0 Å². The SMILES string of the molecule is CCc1ccccc1Oc1c(C)cccc1CN. The molecular formula is C16H19NO. The van der Waals surface area contributed by atoms with Crippen molar-refractivity contribution in [2.75, 3.05) is 0 Å². The van der Waals surface area contributed by atoms with Gasteiger partial charge in [0, 0.05) is 12.1 Å². The van der Waals surface area contributed by atoms with Crippen LogP contribution in [0.5, 0.6) is 11.5 Å². The lowest BCUT2D eigenvalue weighted by atomic mass is 10.1. The predicted octanol–water partition coefficient (Wildman–Crippen LogP) is 3.81. The van der Waals surface area contributed by atoms with Crippen LogP contribution >= 0.6 is 0 Å². The van der Waals surface area contributed by atoms with Crippen LogP contribution in [-0.2, 0) is 13.0 Å². The Balaban J connectivity index is 2.39. The molecule has 0 aliphatic rings. The van der Waals surface area contributed by atoms with E-state index in [0.717, 1.165) is 29.0 Å². The largest absolute Gasteiger partial charge is 0.456 e. The Morgan fingerprint density at radius 1 is 1.00 bits per heavy atom. The number of hydrogen-bond acceptors (Lipinski definition) is 2. The van der Waals surface area contributed by atoms with Crippen molar-refractivity contribution in [3.8, 4) is 11.5 Å². The molecule has 0 saturated carbocycles. The molecule has 2 aromatic carbocycles. The average molecular weight is 241 g/mol. The van der Waals surface area contributed by atoms with Crippen LogP contribution < -0.4 is 10.5 Å². The number of aryl methyl sites for hydroxylation is 2. The van der Waals surface area contributed by atoms with Gasteiger partial charge in [-0.2, -0.15) is 0 Å². The number of hydrogen-bond donors (Lipinski definition) is 1. The molecule has 0 aliphatic carbocycles. The average Bonchev–Trinajstić information content (AvgIpc) is 2.41. The summed E-state index contributed by atoms with van der Waals surface area (Å²) in [6.45, 7) is 4.66. The highest BCUT2D eigenvalue weighted by Gasteiger charge is 2.09. The normalized spacial score (nSPS) is 10.4. The molecular weight excluding hydrogens is 222 g/mol. The van der Waals surface area contributed by atoms with E-state index in [9.17, 15) is 0 Å². The summed E-state index contributed by atoms with van der Waals surface area (Å²) in [7, 11) is 0. The van der Waals surface area contributed by atoms with Gasteiger partial charge >= 0.3 is 0 Å². The van der Waals surface area contributed by atoms with E-state index < -0.39 is 0 Å². The van der Waals surface area contributed by atoms with Crippen LogP contribution in [0.1, 0.15) is 23.6 Å². The summed E-state index contributed by atoms with van der Waals surface area (Å²) in [5.74, 6) is 1.81. The van der Waals surface area contributed by atoms with Gasteiger partial charge in [-0.05, 0) is 30.5 Å². The first kappa shape index (κ1) is 12.7. The lowest BCUT2D eigenvalue weighted by molar-refractivity contribution is 0.467. The Morgan fingerprint density at radius 2 is 1.72 bits per heavy atom. The number of nitrogens with two attached hydrogens (primary N) is 1. The summed E-state index contributed by atoms with van der Waals surface area (Å²) in [6.07, 6.45) is 0.958. The summed E-state index contributed by atoms with van der Waals surface area (Å²) in [5, 5.41) is 0. The van der Waals surface area contributed by atoms with Gasteiger partial charge in [-0.25, -0.2) is 0 Å². The smallest absolute Gasteiger partial charge is 0.134 e. The Bertz CT molecular complexity index is 534. The number of ether oxygens (including phenoxy) is 1. The van der Waals surface area contributed by atoms with Gasteiger partial charge in [-0.15, -0.1) is 0 Å². The fraction of sp³-hybridized carbons (Fsp3) is 0.250. The first-order valence-electron chi connectivity index (χ1n) is 6.30. The third kappa shape index (κ3) is 2.54. The molecule has 2 aromatic rings. The van der Waals surface area contributed by atoms with Crippen LogP contribution in [0.3, 0.4) is 0 Å². The minimum Gasteiger partial charge on any atom is -0.456 e. The summed E-state index contributed by atoms with van der Waals surface area (Å²) in [4.78, 5) is 0. The summed E-state index contributed by atoms with van der Waals surface area (Å²) < 4.78 is 6.07. The minimum absolute atomic E-state index is 0.491. The maximum Gasteiger partial charge on any atom is 0.134 e. The molecule has 2 heteroatoms. The quantitative estimate of drug-likeness (QED) is 0.883. The molecule has 0 atom stereocenters. The third-order valence-electron chi connectivity index (χ3n) is 3.08. The highest BCUT2D eigenvalue weighted by atomic mass is 16.5. The zero-order valence-electron chi connectivity index (χ0n) is 10.9. The molecule has 0 saturated heterocycles. The Hall–Kier alpha value is -1.80. The van der Waals surface area contributed by atoms with E-state index in [1.54, 1.807) is 0 Å². The van der Waals surface area contributed by atoms with Gasteiger partial charge < -0.3 is 10.5 Å². The van der Waals surface area contributed by atoms with E-state index in [1.165, 1.54) is 5.56 Å². The zero-order valence-corrected chi connectivity index (χ0v) is 10.9. The minimum atomic E-state index is 0.491. The van der Waals surface area contributed by atoms with Gasteiger partial charge in [-0.3, -0.25) is 0 Å². The number of benzene rings is 2. The maximum atomic E-state index is 6.07. The Morgan fingerprint density at radius 3 is 2.44 bits per heavy atom. The van der Waals surface area contributed by atoms with E-state index in [0.29, 0.717) is 6.54 Å².